The molecule has 0 aromatic carbocycles. The van der Waals surface area contributed by atoms with Crippen LogP contribution in [0.3, 0.4) is 0 Å². The van der Waals surface area contributed by atoms with E-state index in [1.807, 2.05) is 5.38 Å². The number of thiazole rings is 1. The zero-order chi connectivity index (χ0) is 19.1. The van der Waals surface area contributed by atoms with Gasteiger partial charge in [0, 0.05) is 58.0 Å². The van der Waals surface area contributed by atoms with Crippen molar-refractivity contribution >= 4 is 33.4 Å². The van der Waals surface area contributed by atoms with Crippen molar-refractivity contribution in [2.24, 2.45) is 14.1 Å². The molecule has 0 aliphatic carbocycles. The van der Waals surface area contributed by atoms with Gasteiger partial charge in [0.15, 0.2) is 5.13 Å². The molecule has 10 heteroatoms. The molecule has 1 amide bonds. The van der Waals surface area contributed by atoms with E-state index in [0.29, 0.717) is 31.7 Å². The number of aromatic nitrogens is 4. The Balaban J connectivity index is 1.60. The first-order valence-electron chi connectivity index (χ1n) is 8.47. The van der Waals surface area contributed by atoms with E-state index in [1.165, 1.54) is 23.9 Å². The third kappa shape index (κ3) is 2.91. The van der Waals surface area contributed by atoms with Gasteiger partial charge in [0.05, 0.1) is 10.9 Å². The summed E-state index contributed by atoms with van der Waals surface area (Å²) in [7, 11) is 2.97. The van der Waals surface area contributed by atoms with Crippen LogP contribution in [0.4, 0.5) is 5.13 Å². The van der Waals surface area contributed by atoms with Crippen molar-refractivity contribution < 1.29 is 4.79 Å². The fraction of sp³-hybridized carbons (Fsp3) is 0.353. The van der Waals surface area contributed by atoms with Gasteiger partial charge in [-0.2, -0.15) is 0 Å². The number of amides is 1. The largest absolute Gasteiger partial charge is 0.345 e. The van der Waals surface area contributed by atoms with E-state index in [2.05, 4.69) is 14.9 Å². The number of hydrogen-bond acceptors (Lipinski definition) is 7. The molecule has 0 bridgehead atoms. The molecule has 0 atom stereocenters. The Kier molecular flexibility index (Phi) is 4.27. The van der Waals surface area contributed by atoms with Gasteiger partial charge in [0.1, 0.15) is 5.65 Å². The lowest BCUT2D eigenvalue weighted by atomic mass is 10.2. The van der Waals surface area contributed by atoms with Gasteiger partial charge in [-0.1, -0.05) is 0 Å². The highest BCUT2D eigenvalue weighted by Crippen LogP contribution is 2.20. The molecular formula is C17H18N6O3S. The molecule has 0 radical (unpaired) electrons. The Bertz CT molecular complexity index is 1130. The molecule has 0 saturated carbocycles. The number of fused-ring (bicyclic) bond motifs is 1. The second-order valence-electron chi connectivity index (χ2n) is 6.39. The third-order valence-corrected chi connectivity index (χ3v) is 5.63. The lowest BCUT2D eigenvalue weighted by Crippen LogP contribution is -2.48. The summed E-state index contributed by atoms with van der Waals surface area (Å²) in [6.07, 6.45) is 3.20. The van der Waals surface area contributed by atoms with E-state index in [4.69, 9.17) is 0 Å². The molecule has 1 fully saturated rings. The molecular weight excluding hydrogens is 368 g/mol. The van der Waals surface area contributed by atoms with Crippen molar-refractivity contribution in [1.29, 1.82) is 0 Å². The van der Waals surface area contributed by atoms with Crippen molar-refractivity contribution in [3.8, 4) is 0 Å². The summed E-state index contributed by atoms with van der Waals surface area (Å²) >= 11 is 1.58. The zero-order valence-corrected chi connectivity index (χ0v) is 15.8. The van der Waals surface area contributed by atoms with Gasteiger partial charge in [-0.25, -0.2) is 14.8 Å². The highest BCUT2D eigenvalue weighted by atomic mass is 32.1. The van der Waals surface area contributed by atoms with E-state index < -0.39 is 11.2 Å². The first kappa shape index (κ1) is 17.4. The molecule has 1 aliphatic heterocycles. The van der Waals surface area contributed by atoms with Crippen LogP contribution in [0.25, 0.3) is 11.0 Å². The third-order valence-electron chi connectivity index (χ3n) is 4.80. The zero-order valence-electron chi connectivity index (χ0n) is 15.0. The topological polar surface area (TPSA) is 93.3 Å². The number of carbonyl (C=O) groups excluding carboxylic acids is 1. The second-order valence-corrected chi connectivity index (χ2v) is 7.27. The minimum absolute atomic E-state index is 0.168. The first-order valence-corrected chi connectivity index (χ1v) is 9.35. The van der Waals surface area contributed by atoms with Crippen LogP contribution in [0.2, 0.25) is 0 Å². The number of rotatable bonds is 2. The number of aryl methyl sites for hydroxylation is 1. The van der Waals surface area contributed by atoms with Crippen LogP contribution < -0.4 is 16.1 Å². The molecule has 140 valence electrons. The number of hydrogen-bond donors (Lipinski definition) is 0. The smallest absolute Gasteiger partial charge is 0.332 e. The molecule has 27 heavy (non-hydrogen) atoms. The van der Waals surface area contributed by atoms with E-state index in [9.17, 15) is 14.4 Å². The van der Waals surface area contributed by atoms with Crippen molar-refractivity contribution in [3.05, 3.63) is 50.2 Å². The molecule has 3 aromatic heterocycles. The monoisotopic (exact) mass is 386 g/mol. The highest BCUT2D eigenvalue weighted by Gasteiger charge is 2.24. The summed E-state index contributed by atoms with van der Waals surface area (Å²) in [6, 6.07) is 1.53. The van der Waals surface area contributed by atoms with Crippen LogP contribution >= 0.6 is 11.3 Å². The Hall–Kier alpha value is -3.01. The number of nitrogens with zero attached hydrogens (tertiary/aromatic N) is 6. The lowest BCUT2D eigenvalue weighted by Gasteiger charge is -2.34. The predicted octanol–water partition coefficient (Wildman–Crippen LogP) is 0.0511. The standard InChI is InChI=1S/C17H18N6O3S/c1-20-13-12(15(25)21(2)17(20)26)9-11(10-19-13)14(24)22-4-6-23(7-5-22)16-18-3-8-27-16/h3,8-10H,4-7H2,1-2H3. The van der Waals surface area contributed by atoms with E-state index in [-0.39, 0.29) is 16.9 Å². The number of anilines is 1. The van der Waals surface area contributed by atoms with Crippen LogP contribution in [0.1, 0.15) is 10.4 Å². The van der Waals surface area contributed by atoms with E-state index in [0.717, 1.165) is 9.70 Å². The number of pyridine rings is 1. The minimum atomic E-state index is -0.455. The van der Waals surface area contributed by atoms with Gasteiger partial charge in [-0.15, -0.1) is 11.3 Å². The quantitative estimate of drug-likeness (QED) is 0.618. The molecule has 3 aromatic rings. The van der Waals surface area contributed by atoms with Crippen molar-refractivity contribution in [2.45, 2.75) is 0 Å². The summed E-state index contributed by atoms with van der Waals surface area (Å²) < 4.78 is 2.32. The Labute approximate surface area is 158 Å². The fourth-order valence-corrected chi connectivity index (χ4v) is 3.93. The molecule has 1 aliphatic rings. The molecule has 9 nitrogen and oxygen atoms in total. The van der Waals surface area contributed by atoms with Gasteiger partial charge in [0.2, 0.25) is 0 Å². The van der Waals surface area contributed by atoms with Gasteiger partial charge in [-0.3, -0.25) is 18.7 Å². The molecule has 4 rings (SSSR count). The lowest BCUT2D eigenvalue weighted by molar-refractivity contribution is 0.0746. The minimum Gasteiger partial charge on any atom is -0.345 e. The molecule has 1 saturated heterocycles. The van der Waals surface area contributed by atoms with Crippen LogP contribution in [-0.4, -0.2) is 56.1 Å². The van der Waals surface area contributed by atoms with Gasteiger partial charge in [-0.05, 0) is 6.07 Å². The summed E-state index contributed by atoms with van der Waals surface area (Å²) in [4.78, 5) is 49.7. The molecule has 0 unspecified atom stereocenters. The summed E-state index contributed by atoms with van der Waals surface area (Å²) in [6.45, 7) is 2.55. The van der Waals surface area contributed by atoms with E-state index >= 15 is 0 Å². The maximum Gasteiger partial charge on any atom is 0.332 e. The maximum atomic E-state index is 12.9. The number of piperazine rings is 1. The predicted molar refractivity (Wildman–Crippen MR) is 102 cm³/mol. The average Bonchev–Trinajstić information content (AvgIpc) is 3.24. The second kappa shape index (κ2) is 6.62. The molecule has 4 heterocycles. The first-order chi connectivity index (χ1) is 13.0. The van der Waals surface area contributed by atoms with Crippen molar-refractivity contribution in [3.63, 3.8) is 0 Å². The highest BCUT2D eigenvalue weighted by molar-refractivity contribution is 7.13. The Morgan fingerprint density at radius 3 is 2.48 bits per heavy atom. The van der Waals surface area contributed by atoms with Crippen LogP contribution in [0.15, 0.2) is 33.4 Å². The SMILES string of the molecule is Cn1c(=O)c2cc(C(=O)N3CCN(c4nccs4)CC3)cnc2n(C)c1=O. The van der Waals surface area contributed by atoms with Crippen molar-refractivity contribution in [1.82, 2.24) is 24.0 Å². The van der Waals surface area contributed by atoms with Gasteiger partial charge in [0.25, 0.3) is 11.5 Å². The Morgan fingerprint density at radius 1 is 1.07 bits per heavy atom. The van der Waals surface area contributed by atoms with Gasteiger partial charge < -0.3 is 9.80 Å². The van der Waals surface area contributed by atoms with Crippen LogP contribution in [0.5, 0.6) is 0 Å². The Morgan fingerprint density at radius 2 is 1.81 bits per heavy atom. The molecule has 0 spiro atoms. The van der Waals surface area contributed by atoms with Crippen LogP contribution in [-0.2, 0) is 14.1 Å². The van der Waals surface area contributed by atoms with Crippen LogP contribution in [0, 0.1) is 0 Å². The van der Waals surface area contributed by atoms with Crippen molar-refractivity contribution in [2.75, 3.05) is 31.1 Å². The summed E-state index contributed by atoms with van der Waals surface area (Å²) in [5, 5.41) is 3.15. The fourth-order valence-electron chi connectivity index (χ4n) is 3.24. The molecule has 0 N–H and O–H groups in total. The average molecular weight is 386 g/mol. The summed E-state index contributed by atoms with van der Waals surface area (Å²) in [5.74, 6) is -0.168. The number of carbonyl (C=O) groups is 1. The normalized spacial score (nSPS) is 14.7. The van der Waals surface area contributed by atoms with Gasteiger partial charge >= 0.3 is 5.69 Å². The summed E-state index contributed by atoms with van der Waals surface area (Å²) in [5.41, 5.74) is -0.282. The maximum absolute atomic E-state index is 12.9. The van der Waals surface area contributed by atoms with E-state index in [1.54, 1.807) is 29.5 Å².